The minimum Gasteiger partial charge on any atom is -0.497 e. The predicted octanol–water partition coefficient (Wildman–Crippen LogP) is 3.29. The summed E-state index contributed by atoms with van der Waals surface area (Å²) in [6.07, 6.45) is -4.72. The molecule has 1 rings (SSSR count). The van der Waals surface area contributed by atoms with Crippen LogP contribution in [0.1, 0.15) is 29.8 Å². The Morgan fingerprint density at radius 1 is 1.20 bits per heavy atom. The van der Waals surface area contributed by atoms with E-state index in [1.54, 1.807) is 6.92 Å². The molecule has 0 saturated heterocycles. The number of hydrogen-bond donors (Lipinski definition) is 0. The van der Waals surface area contributed by atoms with Crippen molar-refractivity contribution in [2.45, 2.75) is 20.0 Å². The van der Waals surface area contributed by atoms with Gasteiger partial charge in [-0.05, 0) is 19.9 Å². The summed E-state index contributed by atoms with van der Waals surface area (Å²) in [7, 11) is 1.23. The maximum atomic E-state index is 13.1. The molecule has 0 saturated carbocycles. The van der Waals surface area contributed by atoms with Crippen molar-refractivity contribution in [2.75, 3.05) is 20.3 Å². The van der Waals surface area contributed by atoms with Gasteiger partial charge in [-0.15, -0.1) is 0 Å². The second-order valence-electron chi connectivity index (χ2n) is 3.70. The number of rotatable bonds is 5. The van der Waals surface area contributed by atoms with Crippen LogP contribution in [0.3, 0.4) is 0 Å². The van der Waals surface area contributed by atoms with Crippen LogP contribution in [0.5, 0.6) is 11.5 Å². The number of alkyl halides is 3. The molecular formula is C13H15F3O4. The second-order valence-corrected chi connectivity index (χ2v) is 3.70. The van der Waals surface area contributed by atoms with Crippen molar-refractivity contribution in [1.82, 2.24) is 0 Å². The molecule has 0 aliphatic rings. The van der Waals surface area contributed by atoms with Crippen molar-refractivity contribution in [3.63, 3.8) is 0 Å². The van der Waals surface area contributed by atoms with Gasteiger partial charge in [-0.25, -0.2) is 4.79 Å². The summed E-state index contributed by atoms with van der Waals surface area (Å²) in [4.78, 5) is 11.8. The molecule has 0 aromatic heterocycles. The lowest BCUT2D eigenvalue weighted by Crippen LogP contribution is -2.17. The Morgan fingerprint density at radius 2 is 1.85 bits per heavy atom. The third-order valence-corrected chi connectivity index (χ3v) is 2.40. The Hall–Kier alpha value is -1.92. The van der Waals surface area contributed by atoms with E-state index in [0.717, 1.165) is 6.07 Å². The number of methoxy groups -OCH3 is 1. The van der Waals surface area contributed by atoms with Gasteiger partial charge in [-0.1, -0.05) is 0 Å². The number of carbonyl (C=O) groups is 1. The summed E-state index contributed by atoms with van der Waals surface area (Å²) < 4.78 is 53.8. The van der Waals surface area contributed by atoms with Crippen molar-refractivity contribution in [1.29, 1.82) is 0 Å². The Balaban J connectivity index is 3.51. The van der Waals surface area contributed by atoms with E-state index in [1.807, 2.05) is 0 Å². The molecule has 0 unspecified atom stereocenters. The van der Waals surface area contributed by atoms with Gasteiger partial charge in [0.05, 0.1) is 25.9 Å². The number of halogens is 3. The van der Waals surface area contributed by atoms with Crippen LogP contribution in [0, 0.1) is 0 Å². The molecule has 1 aromatic carbocycles. The fourth-order valence-electron chi connectivity index (χ4n) is 1.61. The molecule has 0 atom stereocenters. The molecule has 1 aromatic rings. The monoisotopic (exact) mass is 292 g/mol. The van der Waals surface area contributed by atoms with Crippen molar-refractivity contribution in [3.8, 4) is 11.5 Å². The molecule has 112 valence electrons. The zero-order chi connectivity index (χ0) is 15.3. The number of benzene rings is 1. The Labute approximate surface area is 114 Å². The van der Waals surface area contributed by atoms with Gasteiger partial charge < -0.3 is 14.2 Å². The zero-order valence-corrected chi connectivity index (χ0v) is 11.3. The van der Waals surface area contributed by atoms with Gasteiger partial charge in [0.1, 0.15) is 17.1 Å². The molecule has 0 aliphatic heterocycles. The highest BCUT2D eigenvalue weighted by Gasteiger charge is 2.38. The van der Waals surface area contributed by atoms with E-state index in [0.29, 0.717) is 0 Å². The predicted molar refractivity (Wildman–Crippen MR) is 65.1 cm³/mol. The lowest BCUT2D eigenvalue weighted by molar-refractivity contribution is -0.138. The van der Waals surface area contributed by atoms with Gasteiger partial charge in [0, 0.05) is 6.07 Å². The molecule has 0 fully saturated rings. The van der Waals surface area contributed by atoms with Crippen molar-refractivity contribution >= 4 is 5.97 Å². The molecule has 7 heteroatoms. The SMILES string of the molecule is CCOC(=O)c1c(OCC)cc(OC)cc1C(F)(F)F. The minimum atomic E-state index is -4.72. The van der Waals surface area contributed by atoms with Crippen LogP contribution in [-0.2, 0) is 10.9 Å². The Morgan fingerprint density at radius 3 is 2.30 bits per heavy atom. The first-order chi connectivity index (χ1) is 9.35. The molecule has 4 nitrogen and oxygen atoms in total. The van der Waals surface area contributed by atoms with Gasteiger partial charge in [-0.2, -0.15) is 13.2 Å². The van der Waals surface area contributed by atoms with Crippen LogP contribution in [0.25, 0.3) is 0 Å². The second kappa shape index (κ2) is 6.49. The molecule has 0 aliphatic carbocycles. The summed E-state index contributed by atoms with van der Waals surface area (Å²) in [5.74, 6) is -1.34. The first-order valence-electron chi connectivity index (χ1n) is 5.94. The van der Waals surface area contributed by atoms with Gasteiger partial charge in [0.2, 0.25) is 0 Å². The van der Waals surface area contributed by atoms with Crippen LogP contribution < -0.4 is 9.47 Å². The minimum absolute atomic E-state index is 0.0340. The number of esters is 1. The van der Waals surface area contributed by atoms with Gasteiger partial charge in [0.25, 0.3) is 0 Å². The van der Waals surface area contributed by atoms with Crippen LogP contribution in [0.4, 0.5) is 13.2 Å². The maximum absolute atomic E-state index is 13.1. The van der Waals surface area contributed by atoms with Crippen LogP contribution in [-0.4, -0.2) is 26.3 Å². The summed E-state index contributed by atoms with van der Waals surface area (Å²) >= 11 is 0. The summed E-state index contributed by atoms with van der Waals surface area (Å²) in [6.45, 7) is 3.18. The van der Waals surface area contributed by atoms with E-state index >= 15 is 0 Å². The smallest absolute Gasteiger partial charge is 0.417 e. The number of ether oxygens (including phenoxy) is 3. The standard InChI is InChI=1S/C13H15F3O4/c1-4-19-10-7-8(18-3)6-9(13(14,15)16)11(10)12(17)20-5-2/h6-7H,4-5H2,1-3H3. The lowest BCUT2D eigenvalue weighted by atomic mass is 10.1. The number of carbonyl (C=O) groups excluding carboxylic acids is 1. The highest BCUT2D eigenvalue weighted by Crippen LogP contribution is 2.39. The maximum Gasteiger partial charge on any atom is 0.417 e. The van der Waals surface area contributed by atoms with Gasteiger partial charge in [-0.3, -0.25) is 0 Å². The molecule has 0 bridgehead atoms. The van der Waals surface area contributed by atoms with Crippen molar-refractivity contribution in [2.24, 2.45) is 0 Å². The highest BCUT2D eigenvalue weighted by molar-refractivity contribution is 5.95. The molecular weight excluding hydrogens is 277 g/mol. The lowest BCUT2D eigenvalue weighted by Gasteiger charge is -2.17. The number of hydrogen-bond acceptors (Lipinski definition) is 4. The fourth-order valence-corrected chi connectivity index (χ4v) is 1.61. The van der Waals surface area contributed by atoms with E-state index in [4.69, 9.17) is 9.47 Å². The average Bonchev–Trinajstić information content (AvgIpc) is 2.37. The first kappa shape index (κ1) is 16.1. The van der Waals surface area contributed by atoms with Crippen LogP contribution in [0.2, 0.25) is 0 Å². The third-order valence-electron chi connectivity index (χ3n) is 2.40. The molecule has 0 radical (unpaired) electrons. The fraction of sp³-hybridized carbons (Fsp3) is 0.462. The third kappa shape index (κ3) is 3.55. The Kier molecular flexibility index (Phi) is 5.24. The van der Waals surface area contributed by atoms with E-state index in [-0.39, 0.29) is 24.7 Å². The van der Waals surface area contributed by atoms with Crippen LogP contribution in [0.15, 0.2) is 12.1 Å². The zero-order valence-electron chi connectivity index (χ0n) is 11.3. The summed E-state index contributed by atoms with van der Waals surface area (Å²) in [5, 5.41) is 0. The summed E-state index contributed by atoms with van der Waals surface area (Å²) in [5.41, 5.74) is -1.78. The quantitative estimate of drug-likeness (QED) is 0.781. The van der Waals surface area contributed by atoms with Crippen LogP contribution >= 0.6 is 0 Å². The normalized spacial score (nSPS) is 11.1. The van der Waals surface area contributed by atoms with E-state index in [1.165, 1.54) is 20.1 Å². The average molecular weight is 292 g/mol. The largest absolute Gasteiger partial charge is 0.497 e. The van der Waals surface area contributed by atoms with E-state index in [2.05, 4.69) is 4.74 Å². The molecule has 0 N–H and O–H groups in total. The topological polar surface area (TPSA) is 44.8 Å². The van der Waals surface area contributed by atoms with Crippen molar-refractivity contribution in [3.05, 3.63) is 23.3 Å². The molecule has 0 amide bonds. The molecule has 20 heavy (non-hydrogen) atoms. The van der Waals surface area contributed by atoms with E-state index in [9.17, 15) is 18.0 Å². The highest BCUT2D eigenvalue weighted by atomic mass is 19.4. The van der Waals surface area contributed by atoms with Crippen molar-refractivity contribution < 1.29 is 32.2 Å². The van der Waals surface area contributed by atoms with Gasteiger partial charge in [0.15, 0.2) is 0 Å². The van der Waals surface area contributed by atoms with E-state index < -0.39 is 23.3 Å². The first-order valence-corrected chi connectivity index (χ1v) is 5.94. The van der Waals surface area contributed by atoms with Gasteiger partial charge >= 0.3 is 12.1 Å². The Bertz CT molecular complexity index is 483. The summed E-state index contributed by atoms with van der Waals surface area (Å²) in [6, 6.07) is 1.97. The molecule has 0 spiro atoms. The molecule has 0 heterocycles.